The van der Waals surface area contributed by atoms with Crippen molar-refractivity contribution in [3.63, 3.8) is 0 Å². The molecule has 8 heteroatoms. The molecule has 0 atom stereocenters. The first kappa shape index (κ1) is 15.1. The van der Waals surface area contributed by atoms with Crippen LogP contribution in [0.2, 0.25) is 0 Å². The first-order chi connectivity index (χ1) is 9.30. The Balaban J connectivity index is 2.29. The largest absolute Gasteiger partial charge is 0.263 e. The highest BCUT2D eigenvalue weighted by atomic mass is 79.9. The summed E-state index contributed by atoms with van der Waals surface area (Å²) in [5, 5.41) is 6.64. The van der Waals surface area contributed by atoms with Crippen LogP contribution >= 0.6 is 15.9 Å². The number of nitrogens with zero attached hydrogens (tertiary/aromatic N) is 3. The molecule has 1 aromatic heterocycles. The summed E-state index contributed by atoms with van der Waals surface area (Å²) in [5.74, 6) is 1.10. The van der Waals surface area contributed by atoms with Gasteiger partial charge in [-0.1, -0.05) is 6.07 Å². The number of hydrogen-bond acceptors (Lipinski definition) is 4. The predicted molar refractivity (Wildman–Crippen MR) is 78.7 cm³/mol. The van der Waals surface area contributed by atoms with Crippen LogP contribution in [0.4, 0.5) is 0 Å². The summed E-state index contributed by atoms with van der Waals surface area (Å²) in [4.78, 5) is 4.34. The van der Waals surface area contributed by atoms with Crippen molar-refractivity contribution in [2.75, 3.05) is 7.05 Å². The summed E-state index contributed by atoms with van der Waals surface area (Å²) in [6.45, 7) is 3.79. The molecule has 108 valence electrons. The lowest BCUT2D eigenvalue weighted by molar-refractivity contribution is 0.457. The molecule has 0 saturated carbocycles. The Morgan fingerprint density at radius 3 is 2.60 bits per heavy atom. The van der Waals surface area contributed by atoms with E-state index < -0.39 is 10.0 Å². The minimum Gasteiger partial charge on any atom is -0.263 e. The van der Waals surface area contributed by atoms with Gasteiger partial charge >= 0.3 is 0 Å². The fraction of sp³-hybridized carbons (Fsp3) is 0.333. The van der Waals surface area contributed by atoms with Gasteiger partial charge in [-0.3, -0.25) is 5.10 Å². The molecule has 6 nitrogen and oxygen atoms in total. The molecule has 0 bridgehead atoms. The van der Waals surface area contributed by atoms with Gasteiger partial charge in [-0.2, -0.15) is 9.40 Å². The fourth-order valence-corrected chi connectivity index (χ4v) is 4.00. The molecule has 0 aliphatic carbocycles. The van der Waals surface area contributed by atoms with Gasteiger partial charge in [-0.25, -0.2) is 13.4 Å². The smallest absolute Gasteiger partial charge is 0.244 e. The molecule has 1 aromatic carbocycles. The lowest BCUT2D eigenvalue weighted by atomic mass is 10.2. The van der Waals surface area contributed by atoms with E-state index in [2.05, 4.69) is 31.1 Å². The van der Waals surface area contributed by atoms with Crippen molar-refractivity contribution in [2.45, 2.75) is 25.3 Å². The SMILES string of the molecule is Cc1ccc(S(=O)(=O)N(C)Cc2n[nH]c(C)n2)c(Br)c1. The van der Waals surface area contributed by atoms with Gasteiger partial charge in [0.1, 0.15) is 5.82 Å². The monoisotopic (exact) mass is 358 g/mol. The zero-order chi connectivity index (χ0) is 14.9. The highest BCUT2D eigenvalue weighted by Crippen LogP contribution is 2.25. The van der Waals surface area contributed by atoms with Crippen LogP contribution in [0.5, 0.6) is 0 Å². The average molecular weight is 359 g/mol. The molecule has 0 fully saturated rings. The van der Waals surface area contributed by atoms with E-state index in [9.17, 15) is 8.42 Å². The van der Waals surface area contributed by atoms with Crippen LogP contribution < -0.4 is 0 Å². The van der Waals surface area contributed by atoms with E-state index in [1.807, 2.05) is 6.92 Å². The van der Waals surface area contributed by atoms with Gasteiger partial charge in [-0.15, -0.1) is 0 Å². The summed E-state index contributed by atoms with van der Waals surface area (Å²) in [7, 11) is -2.08. The van der Waals surface area contributed by atoms with Crippen LogP contribution in [0.1, 0.15) is 17.2 Å². The van der Waals surface area contributed by atoms with Crippen molar-refractivity contribution < 1.29 is 8.42 Å². The normalized spacial score (nSPS) is 12.1. The molecular formula is C12H15BrN4O2S. The first-order valence-electron chi connectivity index (χ1n) is 5.91. The number of nitrogens with one attached hydrogen (secondary N) is 1. The number of aromatic amines is 1. The zero-order valence-corrected chi connectivity index (χ0v) is 13.8. The Morgan fingerprint density at radius 2 is 2.05 bits per heavy atom. The molecule has 0 unspecified atom stereocenters. The molecule has 2 aromatic rings. The number of benzene rings is 1. The second-order valence-corrected chi connectivity index (χ2v) is 7.40. The van der Waals surface area contributed by atoms with E-state index in [0.717, 1.165) is 5.56 Å². The van der Waals surface area contributed by atoms with Gasteiger partial charge in [0, 0.05) is 11.5 Å². The number of H-pyrrole nitrogens is 1. The van der Waals surface area contributed by atoms with E-state index in [1.165, 1.54) is 11.4 Å². The van der Waals surface area contributed by atoms with Crippen LogP contribution in [0.3, 0.4) is 0 Å². The van der Waals surface area contributed by atoms with Crippen molar-refractivity contribution in [1.82, 2.24) is 19.5 Å². The van der Waals surface area contributed by atoms with Gasteiger partial charge in [0.25, 0.3) is 0 Å². The Kier molecular flexibility index (Phi) is 4.26. The molecule has 1 heterocycles. The Labute approximate surface area is 126 Å². The van der Waals surface area contributed by atoms with Gasteiger partial charge in [-0.05, 0) is 47.5 Å². The minimum atomic E-state index is -3.58. The Hall–Kier alpha value is -1.25. The fourth-order valence-electron chi connectivity index (χ4n) is 1.73. The third-order valence-corrected chi connectivity index (χ3v) is 5.56. The number of aryl methyl sites for hydroxylation is 2. The van der Waals surface area contributed by atoms with Crippen LogP contribution in [0, 0.1) is 13.8 Å². The maximum atomic E-state index is 12.5. The lowest BCUT2D eigenvalue weighted by Crippen LogP contribution is -2.27. The molecule has 20 heavy (non-hydrogen) atoms. The molecule has 0 amide bonds. The summed E-state index contributed by atoms with van der Waals surface area (Å²) in [6, 6.07) is 5.13. The van der Waals surface area contributed by atoms with E-state index in [4.69, 9.17) is 0 Å². The van der Waals surface area contributed by atoms with Gasteiger partial charge < -0.3 is 0 Å². The minimum absolute atomic E-state index is 0.118. The first-order valence-corrected chi connectivity index (χ1v) is 8.14. The Bertz CT molecular complexity index is 727. The lowest BCUT2D eigenvalue weighted by Gasteiger charge is -2.16. The van der Waals surface area contributed by atoms with Crippen LogP contribution in [0.25, 0.3) is 0 Å². The van der Waals surface area contributed by atoms with Crippen molar-refractivity contribution in [1.29, 1.82) is 0 Å². The van der Waals surface area contributed by atoms with Crippen molar-refractivity contribution in [2.24, 2.45) is 0 Å². The van der Waals surface area contributed by atoms with Gasteiger partial charge in [0.05, 0.1) is 11.4 Å². The van der Waals surface area contributed by atoms with Crippen molar-refractivity contribution >= 4 is 26.0 Å². The number of rotatable bonds is 4. The van der Waals surface area contributed by atoms with Crippen molar-refractivity contribution in [3.05, 3.63) is 39.9 Å². The summed E-state index contributed by atoms with van der Waals surface area (Å²) in [6.07, 6.45) is 0. The molecule has 1 N–H and O–H groups in total. The highest BCUT2D eigenvalue weighted by Gasteiger charge is 2.24. The quantitative estimate of drug-likeness (QED) is 0.906. The third-order valence-electron chi connectivity index (χ3n) is 2.78. The second-order valence-electron chi connectivity index (χ2n) is 4.53. The number of aromatic nitrogens is 3. The summed E-state index contributed by atoms with van der Waals surface area (Å²) < 4.78 is 26.8. The van der Waals surface area contributed by atoms with E-state index in [1.54, 1.807) is 25.1 Å². The van der Waals surface area contributed by atoms with Crippen molar-refractivity contribution in [3.8, 4) is 0 Å². The van der Waals surface area contributed by atoms with Gasteiger partial charge in [0.15, 0.2) is 5.82 Å². The summed E-state index contributed by atoms with van der Waals surface area (Å²) in [5.41, 5.74) is 0.989. The number of sulfonamides is 1. The molecule has 0 saturated heterocycles. The molecule has 0 aliphatic heterocycles. The van der Waals surface area contributed by atoms with Crippen LogP contribution in [-0.2, 0) is 16.6 Å². The number of halogens is 1. The molecular weight excluding hydrogens is 344 g/mol. The third kappa shape index (κ3) is 3.08. The molecule has 0 radical (unpaired) electrons. The van der Waals surface area contributed by atoms with Gasteiger partial charge in [0.2, 0.25) is 10.0 Å². The molecule has 0 aliphatic rings. The van der Waals surface area contributed by atoms with E-state index >= 15 is 0 Å². The summed E-state index contributed by atoms with van der Waals surface area (Å²) >= 11 is 3.30. The van der Waals surface area contributed by atoms with Crippen LogP contribution in [-0.4, -0.2) is 35.0 Å². The molecule has 2 rings (SSSR count). The highest BCUT2D eigenvalue weighted by molar-refractivity contribution is 9.10. The standard InChI is InChI=1S/C12H15BrN4O2S/c1-8-4-5-11(10(13)6-8)20(18,19)17(3)7-12-14-9(2)15-16-12/h4-6H,7H2,1-3H3,(H,14,15,16). The zero-order valence-electron chi connectivity index (χ0n) is 11.4. The predicted octanol–water partition coefficient (Wildman–Crippen LogP) is 2.00. The van der Waals surface area contributed by atoms with E-state index in [0.29, 0.717) is 16.1 Å². The number of hydrogen-bond donors (Lipinski definition) is 1. The molecule has 0 spiro atoms. The Morgan fingerprint density at radius 1 is 1.35 bits per heavy atom. The maximum Gasteiger partial charge on any atom is 0.244 e. The van der Waals surface area contributed by atoms with Crippen LogP contribution in [0.15, 0.2) is 27.6 Å². The average Bonchev–Trinajstić information content (AvgIpc) is 2.74. The second kappa shape index (κ2) is 5.63. The van der Waals surface area contributed by atoms with E-state index in [-0.39, 0.29) is 11.4 Å². The topological polar surface area (TPSA) is 79.0 Å². The maximum absolute atomic E-state index is 12.5.